The van der Waals surface area contributed by atoms with Crippen molar-refractivity contribution in [1.29, 1.82) is 0 Å². The number of aromatic amines is 1. The summed E-state index contributed by atoms with van der Waals surface area (Å²) in [5, 5.41) is 16.4. The Labute approximate surface area is 172 Å². The highest BCUT2D eigenvalue weighted by atomic mass is 35.5. The lowest BCUT2D eigenvalue weighted by Gasteiger charge is -2.34. The normalized spacial score (nSPS) is 14.6. The first-order chi connectivity index (χ1) is 14.2. The van der Waals surface area contributed by atoms with Crippen molar-refractivity contribution in [2.45, 2.75) is 6.54 Å². The van der Waals surface area contributed by atoms with Gasteiger partial charge in [0.05, 0.1) is 5.02 Å². The van der Waals surface area contributed by atoms with E-state index >= 15 is 0 Å². The van der Waals surface area contributed by atoms with E-state index in [4.69, 9.17) is 16.3 Å². The highest BCUT2D eigenvalue weighted by Gasteiger charge is 2.22. The van der Waals surface area contributed by atoms with Crippen LogP contribution in [0.2, 0.25) is 5.02 Å². The highest BCUT2D eigenvalue weighted by Crippen LogP contribution is 2.29. The van der Waals surface area contributed by atoms with E-state index in [1.165, 1.54) is 0 Å². The largest absolute Gasteiger partial charge is 0.456 e. The quantitative estimate of drug-likeness (QED) is 0.667. The number of aromatic nitrogens is 4. The first-order valence-electron chi connectivity index (χ1n) is 9.20. The van der Waals surface area contributed by atoms with E-state index in [0.29, 0.717) is 23.9 Å². The van der Waals surface area contributed by atoms with E-state index in [-0.39, 0.29) is 12.0 Å². The minimum Gasteiger partial charge on any atom is -0.456 e. The third-order valence-corrected chi connectivity index (χ3v) is 4.90. The molecule has 0 radical (unpaired) electrons. The number of rotatable bonds is 5. The lowest BCUT2D eigenvalue weighted by molar-refractivity contribution is 0.143. The molecule has 0 atom stereocenters. The molecule has 3 aromatic rings. The Balaban J connectivity index is 1.30. The first kappa shape index (κ1) is 19.2. The molecule has 2 N–H and O–H groups in total. The number of amides is 2. The zero-order valence-electron chi connectivity index (χ0n) is 15.6. The molecule has 2 amide bonds. The number of anilines is 1. The van der Waals surface area contributed by atoms with Crippen LogP contribution in [0.3, 0.4) is 0 Å². The van der Waals surface area contributed by atoms with Gasteiger partial charge in [0.25, 0.3) is 5.95 Å². The van der Waals surface area contributed by atoms with Crippen molar-refractivity contribution in [3.8, 4) is 11.5 Å². The number of benzene rings is 2. The maximum atomic E-state index is 12.2. The second-order valence-corrected chi connectivity index (χ2v) is 7.02. The van der Waals surface area contributed by atoms with Crippen LogP contribution in [0.15, 0.2) is 48.5 Å². The van der Waals surface area contributed by atoms with Crippen LogP contribution in [-0.4, -0.2) is 62.6 Å². The minimum absolute atomic E-state index is 0.174. The number of para-hydroxylation sites is 1. The summed E-state index contributed by atoms with van der Waals surface area (Å²) in [6, 6.07) is 15.1. The first-order valence-corrected chi connectivity index (χ1v) is 9.58. The Morgan fingerprint density at radius 2 is 1.97 bits per heavy atom. The number of carbonyl (C=O) groups is 1. The molecular formula is C19H20ClN7O2. The molecule has 1 saturated heterocycles. The van der Waals surface area contributed by atoms with E-state index in [9.17, 15) is 4.79 Å². The van der Waals surface area contributed by atoms with E-state index in [2.05, 4.69) is 36.9 Å². The number of nitrogens with one attached hydrogen (secondary N) is 2. The summed E-state index contributed by atoms with van der Waals surface area (Å²) in [4.78, 5) is 16.3. The van der Waals surface area contributed by atoms with E-state index in [1.54, 1.807) is 11.0 Å². The number of hydrogen-bond acceptors (Lipinski definition) is 6. The molecule has 4 rings (SSSR count). The van der Waals surface area contributed by atoms with Crippen LogP contribution in [-0.2, 0) is 6.54 Å². The second kappa shape index (κ2) is 8.89. The van der Waals surface area contributed by atoms with Crippen molar-refractivity contribution >= 4 is 23.6 Å². The number of urea groups is 1. The molecule has 0 saturated carbocycles. The van der Waals surface area contributed by atoms with Crippen LogP contribution < -0.4 is 10.1 Å². The fraction of sp³-hybridized carbons (Fsp3) is 0.263. The standard InChI is InChI=1S/C19H20ClN7O2/c20-16-6-1-2-7-17(16)29-15-5-3-4-14(12-15)13-26-8-10-27(11-9-26)19(28)21-18-22-24-25-23-18/h1-7,12H,8-11,13H2,(H2,21,22,23,24,25,28). The Morgan fingerprint density at radius 1 is 1.14 bits per heavy atom. The summed E-state index contributed by atoms with van der Waals surface area (Å²) in [7, 11) is 0. The van der Waals surface area contributed by atoms with Gasteiger partial charge in [-0.2, -0.15) is 5.21 Å². The molecule has 0 unspecified atom stereocenters. The van der Waals surface area contributed by atoms with Gasteiger partial charge in [-0.15, -0.1) is 5.10 Å². The SMILES string of the molecule is O=C(Nc1nn[nH]n1)N1CCN(Cc2cccc(Oc3ccccc3Cl)c2)CC1. The Hall–Kier alpha value is -3.17. The van der Waals surface area contributed by atoms with Crippen molar-refractivity contribution in [1.82, 2.24) is 30.4 Å². The Kier molecular flexibility index (Phi) is 5.87. The van der Waals surface area contributed by atoms with Gasteiger partial charge in [-0.3, -0.25) is 10.2 Å². The van der Waals surface area contributed by atoms with Crippen LogP contribution in [0, 0.1) is 0 Å². The maximum absolute atomic E-state index is 12.2. The average molecular weight is 414 g/mol. The molecule has 1 fully saturated rings. The van der Waals surface area contributed by atoms with Crippen LogP contribution >= 0.6 is 11.6 Å². The number of piperazine rings is 1. The van der Waals surface area contributed by atoms with Gasteiger partial charge in [-0.25, -0.2) is 4.79 Å². The van der Waals surface area contributed by atoms with Crippen molar-refractivity contribution in [2.24, 2.45) is 0 Å². The molecule has 29 heavy (non-hydrogen) atoms. The summed E-state index contributed by atoms with van der Waals surface area (Å²) in [5.41, 5.74) is 1.14. The average Bonchev–Trinajstić information content (AvgIpc) is 3.24. The maximum Gasteiger partial charge on any atom is 0.324 e. The summed E-state index contributed by atoms with van der Waals surface area (Å²) in [5.74, 6) is 1.55. The molecule has 1 aliphatic heterocycles. The number of ether oxygens (including phenoxy) is 1. The van der Waals surface area contributed by atoms with Gasteiger partial charge in [0, 0.05) is 32.7 Å². The van der Waals surface area contributed by atoms with E-state index < -0.39 is 0 Å². The fourth-order valence-corrected chi connectivity index (χ4v) is 3.29. The molecule has 10 heteroatoms. The molecule has 0 aliphatic carbocycles. The molecular weight excluding hydrogens is 394 g/mol. The van der Waals surface area contributed by atoms with E-state index in [1.807, 2.05) is 36.4 Å². The zero-order chi connectivity index (χ0) is 20.1. The molecule has 0 bridgehead atoms. The predicted molar refractivity (Wildman–Crippen MR) is 108 cm³/mol. The molecule has 2 aromatic carbocycles. The van der Waals surface area contributed by atoms with Gasteiger partial charge in [0.1, 0.15) is 11.5 Å². The van der Waals surface area contributed by atoms with E-state index in [0.717, 1.165) is 30.9 Å². The van der Waals surface area contributed by atoms with Crippen molar-refractivity contribution in [2.75, 3.05) is 31.5 Å². The van der Waals surface area contributed by atoms with Crippen LogP contribution in [0.5, 0.6) is 11.5 Å². The van der Waals surface area contributed by atoms with Crippen LogP contribution in [0.1, 0.15) is 5.56 Å². The van der Waals surface area contributed by atoms with Crippen molar-refractivity contribution in [3.05, 3.63) is 59.1 Å². The number of halogens is 1. The smallest absolute Gasteiger partial charge is 0.324 e. The zero-order valence-corrected chi connectivity index (χ0v) is 16.3. The van der Waals surface area contributed by atoms with Gasteiger partial charge >= 0.3 is 6.03 Å². The Bertz CT molecular complexity index is 959. The predicted octanol–water partition coefficient (Wildman–Crippen LogP) is 3.00. The lowest BCUT2D eigenvalue weighted by atomic mass is 10.2. The molecule has 1 aliphatic rings. The molecule has 0 spiro atoms. The van der Waals surface area contributed by atoms with Crippen molar-refractivity contribution in [3.63, 3.8) is 0 Å². The molecule has 2 heterocycles. The molecule has 150 valence electrons. The minimum atomic E-state index is -0.221. The fourth-order valence-electron chi connectivity index (χ4n) is 3.12. The second-order valence-electron chi connectivity index (χ2n) is 6.61. The summed E-state index contributed by atoms with van der Waals surface area (Å²) >= 11 is 6.17. The third-order valence-electron chi connectivity index (χ3n) is 4.59. The molecule has 1 aromatic heterocycles. The van der Waals surface area contributed by atoms with Gasteiger partial charge in [-0.1, -0.05) is 41.0 Å². The van der Waals surface area contributed by atoms with Gasteiger partial charge in [-0.05, 0) is 35.0 Å². The summed E-state index contributed by atoms with van der Waals surface area (Å²) < 4.78 is 5.91. The number of carbonyl (C=O) groups excluding carboxylic acids is 1. The number of hydrogen-bond donors (Lipinski definition) is 2. The van der Waals surface area contributed by atoms with Gasteiger partial charge in [0.15, 0.2) is 0 Å². The number of tetrazole rings is 1. The van der Waals surface area contributed by atoms with Crippen LogP contribution in [0.25, 0.3) is 0 Å². The third kappa shape index (κ3) is 5.01. The number of nitrogens with zero attached hydrogens (tertiary/aromatic N) is 5. The van der Waals surface area contributed by atoms with Gasteiger partial charge < -0.3 is 9.64 Å². The topological polar surface area (TPSA) is 99.3 Å². The highest BCUT2D eigenvalue weighted by molar-refractivity contribution is 6.32. The number of H-pyrrole nitrogens is 1. The van der Waals surface area contributed by atoms with Crippen molar-refractivity contribution < 1.29 is 9.53 Å². The van der Waals surface area contributed by atoms with Crippen LogP contribution in [0.4, 0.5) is 10.7 Å². The van der Waals surface area contributed by atoms with Gasteiger partial charge in [0.2, 0.25) is 0 Å². The summed E-state index contributed by atoms with van der Waals surface area (Å²) in [6.45, 7) is 3.57. The monoisotopic (exact) mass is 413 g/mol. The Morgan fingerprint density at radius 3 is 2.72 bits per heavy atom. The molecule has 9 nitrogen and oxygen atoms in total. The lowest BCUT2D eigenvalue weighted by Crippen LogP contribution is -2.49. The summed E-state index contributed by atoms with van der Waals surface area (Å²) in [6.07, 6.45) is 0.